The molecule has 7 heteroatoms. The largest absolute Gasteiger partial charge is 0.461 e. The molecule has 0 atom stereocenters. The van der Waals surface area contributed by atoms with Crippen LogP contribution in [-0.2, 0) is 11.3 Å². The topological polar surface area (TPSA) is 71.5 Å². The molecule has 0 aromatic carbocycles. The maximum absolute atomic E-state index is 12.2. The average Bonchev–Trinajstić information content (AvgIpc) is 3.23. The minimum Gasteiger partial charge on any atom is -0.461 e. The average molecular weight is 325 g/mol. The Bertz CT molecular complexity index is 514. The van der Waals surface area contributed by atoms with Gasteiger partial charge in [0.25, 0.3) is 0 Å². The van der Waals surface area contributed by atoms with Gasteiger partial charge in [0.15, 0.2) is 5.69 Å². The quantitative estimate of drug-likeness (QED) is 0.589. The first-order valence-corrected chi connectivity index (χ1v) is 8.69. The van der Waals surface area contributed by atoms with Crippen LogP contribution in [0.15, 0.2) is 5.38 Å². The normalized spacial score (nSPS) is 13.7. The molecular weight excluding hydrogens is 302 g/mol. The first-order valence-electron chi connectivity index (χ1n) is 7.81. The molecule has 0 unspecified atom stereocenters. The number of nitrogens with one attached hydrogen (secondary N) is 1. The van der Waals surface area contributed by atoms with Gasteiger partial charge in [-0.15, -0.1) is 11.3 Å². The molecule has 122 valence electrons. The van der Waals surface area contributed by atoms with Crippen molar-refractivity contribution in [3.8, 4) is 0 Å². The number of amides is 2. The summed E-state index contributed by atoms with van der Waals surface area (Å²) in [6, 6.07) is 0.264. The van der Waals surface area contributed by atoms with Crippen LogP contribution in [0.3, 0.4) is 0 Å². The Labute approximate surface area is 134 Å². The highest BCUT2D eigenvalue weighted by atomic mass is 32.1. The van der Waals surface area contributed by atoms with Crippen LogP contribution in [0, 0.1) is 0 Å². The lowest BCUT2D eigenvalue weighted by Crippen LogP contribution is -2.41. The number of carbonyl (C=O) groups is 2. The molecule has 1 aromatic heterocycles. The number of hydrogen-bond acceptors (Lipinski definition) is 5. The molecule has 1 aromatic rings. The zero-order valence-electron chi connectivity index (χ0n) is 13.1. The molecule has 0 radical (unpaired) electrons. The monoisotopic (exact) mass is 325 g/mol. The number of carbonyl (C=O) groups excluding carboxylic acids is 2. The maximum atomic E-state index is 12.2. The molecule has 0 spiro atoms. The van der Waals surface area contributed by atoms with Gasteiger partial charge in [-0.3, -0.25) is 0 Å². The minimum atomic E-state index is -0.407. The van der Waals surface area contributed by atoms with E-state index in [9.17, 15) is 9.59 Å². The summed E-state index contributed by atoms with van der Waals surface area (Å²) in [4.78, 5) is 30.0. The third-order valence-corrected chi connectivity index (χ3v) is 4.23. The van der Waals surface area contributed by atoms with Crippen molar-refractivity contribution in [3.05, 3.63) is 16.1 Å². The lowest BCUT2D eigenvalue weighted by molar-refractivity contribution is 0.0520. The van der Waals surface area contributed by atoms with Gasteiger partial charge < -0.3 is 15.0 Å². The fraction of sp³-hybridized carbons (Fsp3) is 0.667. The van der Waals surface area contributed by atoms with Crippen molar-refractivity contribution in [2.45, 2.75) is 52.1 Å². The summed E-state index contributed by atoms with van der Waals surface area (Å²) in [5.74, 6) is -0.407. The van der Waals surface area contributed by atoms with Crippen molar-refractivity contribution < 1.29 is 14.3 Å². The lowest BCUT2D eigenvalue weighted by atomic mass is 10.3. The summed E-state index contributed by atoms with van der Waals surface area (Å²) >= 11 is 1.39. The maximum Gasteiger partial charge on any atom is 0.357 e. The number of unbranched alkanes of at least 4 members (excludes halogenated alkanes) is 1. The summed E-state index contributed by atoms with van der Waals surface area (Å²) in [5, 5.41) is 5.40. The van der Waals surface area contributed by atoms with Crippen molar-refractivity contribution in [1.29, 1.82) is 0 Å². The number of aromatic nitrogens is 1. The molecule has 22 heavy (non-hydrogen) atoms. The van der Waals surface area contributed by atoms with Crippen molar-refractivity contribution in [2.24, 2.45) is 0 Å². The van der Waals surface area contributed by atoms with Crippen molar-refractivity contribution in [3.63, 3.8) is 0 Å². The van der Waals surface area contributed by atoms with E-state index in [0.717, 1.165) is 30.7 Å². The van der Waals surface area contributed by atoms with Crippen LogP contribution in [0.1, 0.15) is 55.0 Å². The van der Waals surface area contributed by atoms with Gasteiger partial charge >= 0.3 is 12.0 Å². The molecule has 1 N–H and O–H groups in total. The van der Waals surface area contributed by atoms with E-state index in [1.165, 1.54) is 11.3 Å². The number of hydrogen-bond donors (Lipinski definition) is 1. The molecule has 0 bridgehead atoms. The van der Waals surface area contributed by atoms with E-state index in [2.05, 4.69) is 17.2 Å². The van der Waals surface area contributed by atoms with Gasteiger partial charge in [-0.1, -0.05) is 13.3 Å². The molecule has 1 aliphatic rings. The summed E-state index contributed by atoms with van der Waals surface area (Å²) in [5.41, 5.74) is 0.323. The van der Waals surface area contributed by atoms with Gasteiger partial charge in [-0.2, -0.15) is 0 Å². The number of esters is 1. The minimum absolute atomic E-state index is 0.0381. The number of urea groups is 1. The van der Waals surface area contributed by atoms with E-state index in [1.807, 2.05) is 4.90 Å². The summed E-state index contributed by atoms with van der Waals surface area (Å²) in [7, 11) is 0. The first kappa shape index (κ1) is 16.7. The molecule has 1 heterocycles. The molecule has 2 amide bonds. The smallest absolute Gasteiger partial charge is 0.357 e. The van der Waals surface area contributed by atoms with Crippen LogP contribution in [0.4, 0.5) is 4.79 Å². The highest BCUT2D eigenvalue weighted by Crippen LogP contribution is 2.29. The van der Waals surface area contributed by atoms with Gasteiger partial charge in [0.05, 0.1) is 13.2 Å². The van der Waals surface area contributed by atoms with E-state index in [0.29, 0.717) is 31.4 Å². The van der Waals surface area contributed by atoms with Crippen molar-refractivity contribution >= 4 is 23.3 Å². The SMILES string of the molecule is CCCCNC(=O)N(Cc1nc(C(=O)OCC)cs1)C1CC1. The number of thiazole rings is 1. The zero-order chi connectivity index (χ0) is 15.9. The number of nitrogens with zero attached hydrogens (tertiary/aromatic N) is 2. The first-order chi connectivity index (χ1) is 10.7. The molecular formula is C15H23N3O3S. The molecule has 0 aliphatic heterocycles. The van der Waals surface area contributed by atoms with Gasteiger partial charge in [-0.25, -0.2) is 14.6 Å². The van der Waals surface area contributed by atoms with Gasteiger partial charge in [0.2, 0.25) is 0 Å². The zero-order valence-corrected chi connectivity index (χ0v) is 13.9. The predicted molar refractivity (Wildman–Crippen MR) is 84.9 cm³/mol. The molecule has 2 rings (SSSR count). The van der Waals surface area contributed by atoms with E-state index in [4.69, 9.17) is 4.74 Å². The highest BCUT2D eigenvalue weighted by Gasteiger charge is 2.33. The standard InChI is InChI=1S/C15H23N3O3S/c1-3-5-8-16-15(20)18(11-6-7-11)9-13-17-12(10-22-13)14(19)21-4-2/h10-11H,3-9H2,1-2H3,(H,16,20). The second-order valence-corrected chi connectivity index (χ2v) is 6.23. The fourth-order valence-electron chi connectivity index (χ4n) is 2.05. The molecule has 1 aliphatic carbocycles. The Morgan fingerprint density at radius 2 is 2.23 bits per heavy atom. The van der Waals surface area contributed by atoms with Crippen molar-refractivity contribution in [2.75, 3.05) is 13.2 Å². The number of ether oxygens (including phenoxy) is 1. The Kier molecular flexibility index (Phi) is 6.18. The molecule has 1 fully saturated rings. The van der Waals surface area contributed by atoms with Crippen LogP contribution in [0.25, 0.3) is 0 Å². The highest BCUT2D eigenvalue weighted by molar-refractivity contribution is 7.09. The fourth-order valence-corrected chi connectivity index (χ4v) is 2.82. The molecule has 1 saturated carbocycles. The van der Waals surface area contributed by atoms with Crippen LogP contribution < -0.4 is 5.32 Å². The van der Waals surface area contributed by atoms with Crippen LogP contribution in [-0.4, -0.2) is 41.1 Å². The third-order valence-electron chi connectivity index (χ3n) is 3.40. The van der Waals surface area contributed by atoms with Gasteiger partial charge in [0, 0.05) is 18.0 Å². The Morgan fingerprint density at radius 3 is 2.86 bits per heavy atom. The Hall–Kier alpha value is -1.63. The third kappa shape index (κ3) is 4.69. The molecule has 6 nitrogen and oxygen atoms in total. The second-order valence-electron chi connectivity index (χ2n) is 5.29. The van der Waals surface area contributed by atoms with Crippen LogP contribution in [0.2, 0.25) is 0 Å². The Morgan fingerprint density at radius 1 is 1.45 bits per heavy atom. The summed E-state index contributed by atoms with van der Waals surface area (Å²) in [6.45, 7) is 5.34. The van der Waals surface area contributed by atoms with E-state index < -0.39 is 5.97 Å². The Balaban J connectivity index is 1.93. The summed E-state index contributed by atoms with van der Waals surface area (Å²) < 4.78 is 4.93. The van der Waals surface area contributed by atoms with Crippen LogP contribution >= 0.6 is 11.3 Å². The van der Waals surface area contributed by atoms with Crippen LogP contribution in [0.5, 0.6) is 0 Å². The van der Waals surface area contributed by atoms with Gasteiger partial charge in [0.1, 0.15) is 5.01 Å². The molecule has 0 saturated heterocycles. The lowest BCUT2D eigenvalue weighted by Gasteiger charge is -2.21. The van der Waals surface area contributed by atoms with Crippen molar-refractivity contribution in [1.82, 2.24) is 15.2 Å². The second kappa shape index (κ2) is 8.12. The van der Waals surface area contributed by atoms with Gasteiger partial charge in [-0.05, 0) is 26.2 Å². The van der Waals surface area contributed by atoms with E-state index in [-0.39, 0.29) is 6.03 Å². The number of rotatable bonds is 8. The van der Waals surface area contributed by atoms with E-state index in [1.54, 1.807) is 12.3 Å². The summed E-state index contributed by atoms with van der Waals surface area (Å²) in [6.07, 6.45) is 4.11. The van der Waals surface area contributed by atoms with E-state index >= 15 is 0 Å². The predicted octanol–water partition coefficient (Wildman–Crippen LogP) is 2.79.